The van der Waals surface area contributed by atoms with Crippen LogP contribution in [0.1, 0.15) is 11.1 Å². The summed E-state index contributed by atoms with van der Waals surface area (Å²) < 4.78 is 15.7. The van der Waals surface area contributed by atoms with Gasteiger partial charge in [0.25, 0.3) is 0 Å². The van der Waals surface area contributed by atoms with Crippen molar-refractivity contribution in [3.05, 3.63) is 140 Å². The minimum absolute atomic E-state index is 0.342. The van der Waals surface area contributed by atoms with Gasteiger partial charge in [-0.25, -0.2) is 14.4 Å². The molecule has 0 saturated carbocycles. The second-order valence-corrected chi connectivity index (χ2v) is 8.46. The zero-order valence-electron chi connectivity index (χ0n) is 22.0. The maximum atomic E-state index is 12.1. The lowest BCUT2D eigenvalue weighted by Crippen LogP contribution is -2.04. The lowest BCUT2D eigenvalue weighted by atomic mass is 9.98. The summed E-state index contributed by atoms with van der Waals surface area (Å²) in [6.07, 6.45) is 3.30. The monoisotopic (exact) mass is 540 g/mol. The topological polar surface area (TPSA) is 78.9 Å². The molecule has 0 atom stereocenters. The van der Waals surface area contributed by atoms with Gasteiger partial charge in [-0.05, 0) is 71.3 Å². The Morgan fingerprint density at radius 3 is 1.46 bits per heavy atom. The molecule has 0 saturated heterocycles. The van der Waals surface area contributed by atoms with Crippen LogP contribution in [0.4, 0.5) is 0 Å². The van der Waals surface area contributed by atoms with Gasteiger partial charge in [0.05, 0.1) is 0 Å². The molecule has 0 unspecified atom stereocenters. The van der Waals surface area contributed by atoms with Gasteiger partial charge in [0.15, 0.2) is 0 Å². The molecular weight excluding hydrogens is 516 g/mol. The number of benzene rings is 4. The molecule has 0 spiro atoms. The smallest absolute Gasteiger partial charge is 0.335 e. The van der Waals surface area contributed by atoms with E-state index in [9.17, 15) is 14.4 Å². The number of carbonyl (C=O) groups excluding carboxylic acids is 3. The molecule has 0 radical (unpaired) electrons. The van der Waals surface area contributed by atoms with E-state index in [0.29, 0.717) is 33.9 Å². The van der Waals surface area contributed by atoms with Crippen molar-refractivity contribution in [3.8, 4) is 51.3 Å². The van der Waals surface area contributed by atoms with Crippen molar-refractivity contribution in [2.75, 3.05) is 0 Å². The van der Waals surface area contributed by atoms with Crippen LogP contribution in [0.15, 0.2) is 129 Å². The van der Waals surface area contributed by atoms with E-state index in [4.69, 9.17) is 14.2 Å². The predicted octanol–water partition coefficient (Wildman–Crippen LogP) is 6.69. The molecule has 4 aromatic rings. The van der Waals surface area contributed by atoms with Crippen molar-refractivity contribution in [2.45, 2.75) is 0 Å². The molecule has 4 rings (SSSR count). The van der Waals surface area contributed by atoms with E-state index in [-0.39, 0.29) is 0 Å². The van der Waals surface area contributed by atoms with Crippen LogP contribution in [0.25, 0.3) is 22.3 Å². The minimum Gasteiger partial charge on any atom is -0.423 e. The molecule has 41 heavy (non-hydrogen) atoms. The van der Waals surface area contributed by atoms with E-state index in [1.165, 1.54) is 0 Å². The van der Waals surface area contributed by atoms with Crippen LogP contribution < -0.4 is 14.2 Å². The van der Waals surface area contributed by atoms with Crippen LogP contribution >= 0.6 is 0 Å². The Balaban J connectivity index is 1.56. The van der Waals surface area contributed by atoms with Crippen LogP contribution in [-0.4, -0.2) is 17.9 Å². The van der Waals surface area contributed by atoms with E-state index >= 15 is 0 Å². The highest BCUT2D eigenvalue weighted by Gasteiger charge is 2.11. The van der Waals surface area contributed by atoms with Crippen molar-refractivity contribution in [1.29, 1.82) is 0 Å². The van der Waals surface area contributed by atoms with Gasteiger partial charge in [-0.1, -0.05) is 68.0 Å². The van der Waals surface area contributed by atoms with Crippen molar-refractivity contribution in [2.24, 2.45) is 0 Å². The summed E-state index contributed by atoms with van der Waals surface area (Å²) in [7, 11) is 0. The second kappa shape index (κ2) is 13.2. The molecule has 6 heteroatoms. The minimum atomic E-state index is -0.588. The first kappa shape index (κ1) is 28.1. The fourth-order valence-corrected chi connectivity index (χ4v) is 3.70. The largest absolute Gasteiger partial charge is 0.423 e. The van der Waals surface area contributed by atoms with Gasteiger partial charge in [-0.15, -0.1) is 0 Å². The summed E-state index contributed by atoms with van der Waals surface area (Å²) in [5.74, 6) is 5.63. The number of hydrogen-bond acceptors (Lipinski definition) is 6. The summed E-state index contributed by atoms with van der Waals surface area (Å²) in [6.45, 7) is 10.3. The van der Waals surface area contributed by atoms with Crippen molar-refractivity contribution in [3.63, 3.8) is 0 Å². The SMILES string of the molecule is C=CC(=O)Oc1ccc(C#Cc2ccc(-c3ccc(-c4ccc(OC(=O)C=C)cc4)cc3)c(OC(=O)C=C)c2)cc1. The second-order valence-electron chi connectivity index (χ2n) is 8.46. The Morgan fingerprint density at radius 1 is 0.512 bits per heavy atom. The Morgan fingerprint density at radius 2 is 0.927 bits per heavy atom. The van der Waals surface area contributed by atoms with E-state index in [2.05, 4.69) is 31.6 Å². The number of esters is 3. The third-order valence-corrected chi connectivity index (χ3v) is 5.72. The van der Waals surface area contributed by atoms with Crippen LogP contribution in [0.5, 0.6) is 17.2 Å². The molecule has 0 amide bonds. The zero-order valence-corrected chi connectivity index (χ0v) is 22.0. The third-order valence-electron chi connectivity index (χ3n) is 5.72. The lowest BCUT2D eigenvalue weighted by molar-refractivity contribution is -0.129. The van der Waals surface area contributed by atoms with Crippen molar-refractivity contribution < 1.29 is 28.6 Å². The molecule has 0 aliphatic rings. The van der Waals surface area contributed by atoms with Crippen LogP contribution in [0.3, 0.4) is 0 Å². The van der Waals surface area contributed by atoms with Gasteiger partial charge in [-0.3, -0.25) is 0 Å². The third kappa shape index (κ3) is 7.56. The Kier molecular flexibility index (Phi) is 9.06. The van der Waals surface area contributed by atoms with Gasteiger partial charge in [-0.2, -0.15) is 0 Å². The van der Waals surface area contributed by atoms with Crippen LogP contribution in [-0.2, 0) is 14.4 Å². The van der Waals surface area contributed by atoms with Crippen LogP contribution in [0, 0.1) is 11.8 Å². The summed E-state index contributed by atoms with van der Waals surface area (Å²) >= 11 is 0. The molecule has 4 aromatic carbocycles. The lowest BCUT2D eigenvalue weighted by Gasteiger charge is -2.11. The summed E-state index contributed by atoms with van der Waals surface area (Å²) in [4.78, 5) is 34.8. The molecule has 0 heterocycles. The molecule has 0 N–H and O–H groups in total. The van der Waals surface area contributed by atoms with Crippen molar-refractivity contribution >= 4 is 17.9 Å². The average Bonchev–Trinajstić information content (AvgIpc) is 3.01. The molecular formula is C35H24O6. The summed E-state index contributed by atoms with van der Waals surface area (Å²) in [5.41, 5.74) is 4.77. The predicted molar refractivity (Wildman–Crippen MR) is 157 cm³/mol. The number of hydrogen-bond donors (Lipinski definition) is 0. The number of ether oxygens (including phenoxy) is 3. The van der Waals surface area contributed by atoms with E-state index < -0.39 is 17.9 Å². The van der Waals surface area contributed by atoms with Gasteiger partial charge in [0.1, 0.15) is 17.2 Å². The standard InChI is InChI=1S/C35H24O6/c1-4-33(36)39-29-18-9-24(10-19-29)7-8-25-11-22-31(32(23-25)41-35(38)6-3)28-14-12-26(13-15-28)27-16-20-30(21-17-27)40-34(37)5-2/h4-6,9-23H,1-3H2. The summed E-state index contributed by atoms with van der Waals surface area (Å²) in [6, 6.07) is 27.0. The van der Waals surface area contributed by atoms with Gasteiger partial charge in [0, 0.05) is 34.9 Å². The highest BCUT2D eigenvalue weighted by molar-refractivity contribution is 5.86. The van der Waals surface area contributed by atoms with E-state index in [1.54, 1.807) is 42.5 Å². The van der Waals surface area contributed by atoms with E-state index in [0.717, 1.165) is 34.9 Å². The number of carbonyl (C=O) groups is 3. The van der Waals surface area contributed by atoms with Gasteiger partial charge >= 0.3 is 17.9 Å². The highest BCUT2D eigenvalue weighted by Crippen LogP contribution is 2.33. The molecule has 6 nitrogen and oxygen atoms in total. The zero-order chi connectivity index (χ0) is 29.2. The molecule has 200 valence electrons. The molecule has 0 fully saturated rings. The van der Waals surface area contributed by atoms with Crippen LogP contribution in [0.2, 0.25) is 0 Å². The molecule has 0 aromatic heterocycles. The number of rotatable bonds is 8. The molecule has 0 bridgehead atoms. The molecule has 0 aliphatic carbocycles. The first-order valence-corrected chi connectivity index (χ1v) is 12.4. The van der Waals surface area contributed by atoms with E-state index in [1.807, 2.05) is 48.5 Å². The highest BCUT2D eigenvalue weighted by atomic mass is 16.5. The fraction of sp³-hybridized carbons (Fsp3) is 0. The van der Waals surface area contributed by atoms with Crippen molar-refractivity contribution in [1.82, 2.24) is 0 Å². The maximum Gasteiger partial charge on any atom is 0.335 e. The Labute approximate surface area is 237 Å². The average molecular weight is 541 g/mol. The normalized spacial score (nSPS) is 9.85. The fourth-order valence-electron chi connectivity index (χ4n) is 3.70. The Hall–Kier alpha value is -5.93. The molecule has 0 aliphatic heterocycles. The van der Waals surface area contributed by atoms with Gasteiger partial charge < -0.3 is 14.2 Å². The quantitative estimate of drug-likeness (QED) is 0.107. The summed E-state index contributed by atoms with van der Waals surface area (Å²) in [5, 5.41) is 0. The first-order valence-electron chi connectivity index (χ1n) is 12.4. The van der Waals surface area contributed by atoms with Gasteiger partial charge in [0.2, 0.25) is 0 Å². The first-order chi connectivity index (χ1) is 19.9. The Bertz CT molecular complexity index is 1680. The maximum absolute atomic E-state index is 12.1.